The van der Waals surface area contributed by atoms with E-state index < -0.39 is 26.0 Å². The molecule has 240 valence electrons. The van der Waals surface area contributed by atoms with Crippen molar-refractivity contribution in [3.63, 3.8) is 0 Å². The van der Waals surface area contributed by atoms with Crippen LogP contribution in [0.2, 0.25) is 15.1 Å². The van der Waals surface area contributed by atoms with Gasteiger partial charge in [0.05, 0.1) is 39.5 Å². The van der Waals surface area contributed by atoms with E-state index in [0.717, 1.165) is 39.6 Å². The number of aromatic nitrogens is 2. The molecule has 1 aromatic heterocycles. The number of hydrogen-bond acceptors (Lipinski definition) is 6. The summed E-state index contributed by atoms with van der Waals surface area (Å²) in [5.41, 5.74) is 4.14. The largest absolute Gasteiger partial charge is 0.329 e. The quantitative estimate of drug-likeness (QED) is 0.170. The van der Waals surface area contributed by atoms with Crippen LogP contribution < -0.4 is 14.4 Å². The van der Waals surface area contributed by atoms with E-state index in [1.807, 2.05) is 84.0 Å². The summed E-state index contributed by atoms with van der Waals surface area (Å²) < 4.78 is 69.1. The number of benzene rings is 2. The van der Waals surface area contributed by atoms with E-state index in [0.29, 0.717) is 21.6 Å². The first-order valence-electron chi connectivity index (χ1n) is 14.0. The molecular weight excluding hydrogens is 671 g/mol. The van der Waals surface area contributed by atoms with Gasteiger partial charge in [-0.05, 0) is 57.9 Å². The molecule has 0 saturated heterocycles. The molecule has 0 radical (unpaired) electrons. The average Bonchev–Trinajstić information content (AvgIpc) is 3.36. The van der Waals surface area contributed by atoms with Gasteiger partial charge in [-0.3, -0.25) is 9.11 Å². The number of halogens is 3. The van der Waals surface area contributed by atoms with Gasteiger partial charge in [0.1, 0.15) is 11.9 Å². The Kier molecular flexibility index (Phi) is 10.4. The minimum absolute atomic E-state index is 0.158. The van der Waals surface area contributed by atoms with Gasteiger partial charge in [-0.15, -0.1) is 0 Å². The third-order valence-corrected chi connectivity index (χ3v) is 10.5. The highest BCUT2D eigenvalue weighted by atomic mass is 35.5. The fourth-order valence-electron chi connectivity index (χ4n) is 5.58. The van der Waals surface area contributed by atoms with Crippen molar-refractivity contribution in [1.82, 2.24) is 4.57 Å². The van der Waals surface area contributed by atoms with Crippen LogP contribution in [0.25, 0.3) is 17.1 Å². The van der Waals surface area contributed by atoms with Crippen LogP contribution in [0.4, 0.5) is 11.4 Å². The minimum atomic E-state index is -4.17. The van der Waals surface area contributed by atoms with Crippen LogP contribution in [-0.2, 0) is 26.8 Å². The summed E-state index contributed by atoms with van der Waals surface area (Å²) in [5, 5.41) is 1.34. The Hall–Kier alpha value is -2.32. The molecule has 0 bridgehead atoms. The van der Waals surface area contributed by atoms with Crippen molar-refractivity contribution < 1.29 is 30.5 Å². The van der Waals surface area contributed by atoms with Crippen LogP contribution in [0.15, 0.2) is 42.2 Å². The zero-order valence-electron chi connectivity index (χ0n) is 25.0. The average molecular weight is 707 g/mol. The van der Waals surface area contributed by atoms with Gasteiger partial charge >= 0.3 is 0 Å². The lowest BCUT2D eigenvalue weighted by molar-refractivity contribution is -0.697. The number of allylic oxidation sites excluding steroid dienone is 2. The Morgan fingerprint density at radius 3 is 2.14 bits per heavy atom. The maximum atomic E-state index is 11.6. The van der Waals surface area contributed by atoms with E-state index in [9.17, 15) is 25.9 Å². The minimum Gasteiger partial charge on any atom is -0.329 e. The number of hydrogen-bond donors (Lipinski definition) is 2. The second-order valence-corrected chi connectivity index (χ2v) is 15.3. The van der Waals surface area contributed by atoms with Crippen molar-refractivity contribution >= 4 is 83.5 Å². The zero-order valence-corrected chi connectivity index (χ0v) is 28.9. The molecule has 1 aliphatic rings. The van der Waals surface area contributed by atoms with Gasteiger partial charge < -0.3 is 9.80 Å². The number of rotatable bonds is 11. The van der Waals surface area contributed by atoms with Crippen LogP contribution in [0, 0.1) is 6.92 Å². The summed E-state index contributed by atoms with van der Waals surface area (Å²) in [4.78, 5) is 3.98. The second kappa shape index (κ2) is 13.2. The van der Waals surface area contributed by atoms with Gasteiger partial charge in [-0.25, -0.2) is 9.13 Å². The first-order chi connectivity index (χ1) is 20.4. The molecule has 2 aromatic carbocycles. The summed E-state index contributed by atoms with van der Waals surface area (Å²) in [7, 11) is -6.43. The molecule has 10 nitrogen and oxygen atoms in total. The SMILES string of the molecule is CCn1c(C=CC=C2N(C)c3cc(Cl)c(C)cc3N2C(C)CCS(=O)(=O)O)[n+](C(C)CCS(=O)(=O)O)c2cc(Cl)c(Cl)cc21. The molecule has 0 spiro atoms. The third kappa shape index (κ3) is 7.38. The molecule has 2 atom stereocenters. The van der Waals surface area contributed by atoms with Gasteiger partial charge in [0, 0.05) is 42.7 Å². The van der Waals surface area contributed by atoms with Crippen LogP contribution in [0.5, 0.6) is 0 Å². The number of imidazole rings is 1. The summed E-state index contributed by atoms with van der Waals surface area (Å²) in [6.07, 6.45) is 6.01. The van der Waals surface area contributed by atoms with Crippen LogP contribution in [0.1, 0.15) is 51.0 Å². The van der Waals surface area contributed by atoms with Crippen molar-refractivity contribution in [3.05, 3.63) is 68.7 Å². The Labute approximate surface area is 273 Å². The van der Waals surface area contributed by atoms with Crippen LogP contribution in [-0.4, -0.2) is 55.1 Å². The Balaban J connectivity index is 1.84. The van der Waals surface area contributed by atoms with Gasteiger partial charge in [0.2, 0.25) is 0 Å². The van der Waals surface area contributed by atoms with E-state index in [1.54, 1.807) is 12.1 Å². The van der Waals surface area contributed by atoms with Gasteiger partial charge in [-0.2, -0.15) is 16.8 Å². The summed E-state index contributed by atoms with van der Waals surface area (Å²) in [6.45, 7) is 8.22. The molecule has 2 N–H and O–H groups in total. The fourth-order valence-corrected chi connectivity index (χ4v) is 7.33. The topological polar surface area (TPSA) is 124 Å². The Bertz CT molecular complexity index is 1870. The Morgan fingerprint density at radius 2 is 1.52 bits per heavy atom. The van der Waals surface area contributed by atoms with E-state index in [2.05, 4.69) is 0 Å². The second-order valence-electron chi connectivity index (χ2n) is 11.0. The maximum absolute atomic E-state index is 11.6. The van der Waals surface area contributed by atoms with E-state index in [-0.39, 0.29) is 30.7 Å². The van der Waals surface area contributed by atoms with Crippen LogP contribution >= 0.6 is 34.8 Å². The first kappa shape index (κ1) is 34.6. The lowest BCUT2D eigenvalue weighted by Crippen LogP contribution is -2.41. The summed E-state index contributed by atoms with van der Waals surface area (Å²) in [6, 6.07) is 6.71. The van der Waals surface area contributed by atoms with Crippen molar-refractivity contribution in [2.45, 2.75) is 59.2 Å². The van der Waals surface area contributed by atoms with E-state index in [4.69, 9.17) is 34.8 Å². The Morgan fingerprint density at radius 1 is 0.909 bits per heavy atom. The van der Waals surface area contributed by atoms with Crippen molar-refractivity contribution in [2.24, 2.45) is 0 Å². The monoisotopic (exact) mass is 705 g/mol. The number of aryl methyl sites for hydroxylation is 2. The predicted octanol–water partition coefficient (Wildman–Crippen LogP) is 6.53. The lowest BCUT2D eigenvalue weighted by Gasteiger charge is -2.29. The molecule has 0 fully saturated rings. The van der Waals surface area contributed by atoms with Gasteiger partial charge in [0.25, 0.3) is 26.1 Å². The standard InChI is InChI=1S/C29H35Cl3N4O6S2/c1-6-34-25-16-22(31)23(32)17-27(25)36(20(4)11-13-44(40,41)42)29(34)9-7-8-28-33(5)24-15-21(30)18(2)14-26(24)35(28)19(3)10-12-43(37,38)39/h7-9,14-17,19-20H,6,10-13H2,1-5H3,(H-,37,38,39,40,41,42)/p+1. The van der Waals surface area contributed by atoms with Crippen molar-refractivity contribution in [1.29, 1.82) is 0 Å². The molecule has 0 amide bonds. The highest BCUT2D eigenvalue weighted by Gasteiger charge is 2.33. The number of nitrogens with zero attached hydrogens (tertiary/aromatic N) is 4. The van der Waals surface area contributed by atoms with Gasteiger partial charge in [0.15, 0.2) is 11.0 Å². The normalized spacial score (nSPS) is 16.5. The maximum Gasteiger partial charge on any atom is 0.282 e. The highest BCUT2D eigenvalue weighted by molar-refractivity contribution is 7.86. The summed E-state index contributed by atoms with van der Waals surface area (Å²) in [5.74, 6) is 0.721. The lowest BCUT2D eigenvalue weighted by atomic mass is 10.1. The third-order valence-electron chi connectivity index (χ3n) is 7.83. The number of fused-ring (bicyclic) bond motifs is 2. The zero-order chi connectivity index (χ0) is 32.7. The van der Waals surface area contributed by atoms with E-state index >= 15 is 0 Å². The van der Waals surface area contributed by atoms with E-state index in [1.165, 1.54) is 0 Å². The highest BCUT2D eigenvalue weighted by Crippen LogP contribution is 2.45. The van der Waals surface area contributed by atoms with Gasteiger partial charge in [-0.1, -0.05) is 40.9 Å². The first-order valence-corrected chi connectivity index (χ1v) is 18.3. The van der Waals surface area contributed by atoms with Crippen molar-refractivity contribution in [3.8, 4) is 0 Å². The predicted molar refractivity (Wildman–Crippen MR) is 178 cm³/mol. The smallest absolute Gasteiger partial charge is 0.282 e. The fraction of sp³-hybridized carbons (Fsp3) is 0.414. The van der Waals surface area contributed by atoms with Crippen molar-refractivity contribution in [2.75, 3.05) is 28.4 Å². The molecule has 1 aliphatic heterocycles. The molecule has 15 heteroatoms. The molecule has 4 rings (SSSR count). The van der Waals surface area contributed by atoms with Crippen LogP contribution in [0.3, 0.4) is 0 Å². The summed E-state index contributed by atoms with van der Waals surface area (Å²) >= 11 is 19.2. The molecule has 3 aromatic rings. The molecule has 0 aliphatic carbocycles. The molecule has 0 saturated carbocycles. The molecule has 2 unspecified atom stereocenters. The number of anilines is 2. The molecule has 44 heavy (non-hydrogen) atoms. The molecular formula is C29H36Cl3N4O6S2+. The molecule has 2 heterocycles.